The second-order valence-electron chi connectivity index (χ2n) is 7.97. The van der Waals surface area contributed by atoms with Gasteiger partial charge in [0.15, 0.2) is 0 Å². The van der Waals surface area contributed by atoms with Crippen molar-refractivity contribution in [3.8, 4) is 11.4 Å². The molecule has 6 heteroatoms. The first kappa shape index (κ1) is 21.2. The summed E-state index contributed by atoms with van der Waals surface area (Å²) in [5.41, 5.74) is 5.90. The highest BCUT2D eigenvalue weighted by Gasteiger charge is 2.27. The number of aryl methyl sites for hydroxylation is 2. The highest BCUT2D eigenvalue weighted by atomic mass is 35.5. The van der Waals surface area contributed by atoms with Crippen LogP contribution in [0.4, 0.5) is 0 Å². The van der Waals surface area contributed by atoms with Crippen molar-refractivity contribution >= 4 is 17.5 Å². The third-order valence-corrected chi connectivity index (χ3v) is 6.28. The quantitative estimate of drug-likeness (QED) is 0.553. The summed E-state index contributed by atoms with van der Waals surface area (Å²) < 4.78 is 7.11. The number of carbonyl (C=O) groups excluding carboxylic acids is 1. The van der Waals surface area contributed by atoms with Crippen molar-refractivity contribution in [1.82, 2.24) is 15.1 Å². The average molecular weight is 436 g/mol. The third-order valence-electron chi connectivity index (χ3n) is 5.87. The number of hydrogen-bond donors (Lipinski definition) is 1. The Balaban J connectivity index is 1.49. The summed E-state index contributed by atoms with van der Waals surface area (Å²) in [6.07, 6.45) is 5.05. The molecule has 0 unspecified atom stereocenters. The van der Waals surface area contributed by atoms with Crippen LogP contribution in [-0.2, 0) is 0 Å². The molecule has 4 rings (SSSR count). The molecule has 1 amide bonds. The molecule has 1 N–H and O–H groups in total. The van der Waals surface area contributed by atoms with Gasteiger partial charge in [-0.25, -0.2) is 4.68 Å². The van der Waals surface area contributed by atoms with Crippen molar-refractivity contribution in [3.63, 3.8) is 0 Å². The van der Waals surface area contributed by atoms with Crippen LogP contribution in [0, 0.1) is 20.8 Å². The lowest BCUT2D eigenvalue weighted by Crippen LogP contribution is -2.32. The van der Waals surface area contributed by atoms with E-state index in [2.05, 4.69) is 24.4 Å². The molecular formula is C25H26ClN3O2. The number of benzene rings is 2. The number of carbonyl (C=O) groups is 1. The van der Waals surface area contributed by atoms with E-state index < -0.39 is 0 Å². The van der Waals surface area contributed by atoms with E-state index in [1.54, 1.807) is 31.4 Å². The summed E-state index contributed by atoms with van der Waals surface area (Å²) in [6.45, 7) is 6.11. The predicted molar refractivity (Wildman–Crippen MR) is 124 cm³/mol. The molecule has 1 heterocycles. The zero-order chi connectivity index (χ0) is 22.1. The first-order chi connectivity index (χ1) is 14.9. The second-order valence-corrected chi connectivity index (χ2v) is 8.37. The minimum Gasteiger partial charge on any atom is -0.497 e. The molecule has 0 aliphatic heterocycles. The lowest BCUT2D eigenvalue weighted by molar-refractivity contribution is 0.0944. The minimum absolute atomic E-state index is 0.0180. The molecule has 1 aromatic heterocycles. The van der Waals surface area contributed by atoms with E-state index in [1.165, 1.54) is 5.56 Å². The molecule has 0 radical (unpaired) electrons. The highest BCUT2D eigenvalue weighted by molar-refractivity contribution is 6.31. The zero-order valence-electron chi connectivity index (χ0n) is 18.1. The van der Waals surface area contributed by atoms with Crippen molar-refractivity contribution < 1.29 is 9.53 Å². The van der Waals surface area contributed by atoms with Crippen LogP contribution in [0.25, 0.3) is 5.69 Å². The van der Waals surface area contributed by atoms with Gasteiger partial charge in [0.1, 0.15) is 5.75 Å². The zero-order valence-corrected chi connectivity index (χ0v) is 18.9. The second kappa shape index (κ2) is 8.60. The number of amides is 1. The smallest absolute Gasteiger partial charge is 0.251 e. The standard InChI is InChI=1S/C25H26ClN3O2/c1-15-5-10-21(14-23(15)26)29-17(3)24(16(2)28-29)19-6-9-20(13-19)27-25(30)18-7-11-22(31-4)12-8-18/h5-12,14,19-20H,13H2,1-4H3,(H,27,30)/t19-,20-/m1/s1. The number of aromatic nitrogens is 2. The van der Waals surface area contributed by atoms with E-state index in [9.17, 15) is 4.79 Å². The van der Waals surface area contributed by atoms with E-state index in [4.69, 9.17) is 21.4 Å². The molecule has 0 bridgehead atoms. The molecule has 2 aromatic carbocycles. The van der Waals surface area contributed by atoms with E-state index >= 15 is 0 Å². The fraction of sp³-hybridized carbons (Fsp3) is 0.280. The molecule has 1 aliphatic rings. The van der Waals surface area contributed by atoms with E-state index in [0.717, 1.165) is 39.8 Å². The van der Waals surface area contributed by atoms with Gasteiger partial charge in [0.2, 0.25) is 0 Å². The monoisotopic (exact) mass is 435 g/mol. The van der Waals surface area contributed by atoms with Crippen LogP contribution in [0.2, 0.25) is 5.02 Å². The number of rotatable bonds is 5. The van der Waals surface area contributed by atoms with Crippen molar-refractivity contribution in [2.75, 3.05) is 7.11 Å². The molecule has 2 atom stereocenters. The molecule has 0 saturated heterocycles. The van der Waals surface area contributed by atoms with Crippen LogP contribution in [0.1, 0.15) is 45.2 Å². The molecule has 0 fully saturated rings. The van der Waals surface area contributed by atoms with Crippen molar-refractivity contribution in [3.05, 3.63) is 87.7 Å². The number of nitrogens with one attached hydrogen (secondary N) is 1. The molecule has 31 heavy (non-hydrogen) atoms. The Bertz CT molecular complexity index is 1150. The molecule has 5 nitrogen and oxygen atoms in total. The van der Waals surface area contributed by atoms with E-state index in [0.29, 0.717) is 5.56 Å². The van der Waals surface area contributed by atoms with Crippen LogP contribution in [0.15, 0.2) is 54.6 Å². The van der Waals surface area contributed by atoms with Crippen molar-refractivity contribution in [2.24, 2.45) is 0 Å². The summed E-state index contributed by atoms with van der Waals surface area (Å²) in [7, 11) is 1.61. The van der Waals surface area contributed by atoms with Gasteiger partial charge in [-0.2, -0.15) is 5.10 Å². The summed E-state index contributed by atoms with van der Waals surface area (Å²) in [4.78, 5) is 12.6. The Labute approximate surface area is 187 Å². The van der Waals surface area contributed by atoms with Gasteiger partial charge in [-0.1, -0.05) is 29.8 Å². The van der Waals surface area contributed by atoms with Gasteiger partial charge in [-0.15, -0.1) is 0 Å². The van der Waals surface area contributed by atoms with Gasteiger partial charge in [-0.3, -0.25) is 4.79 Å². The number of ether oxygens (including phenoxy) is 1. The summed E-state index contributed by atoms with van der Waals surface area (Å²) >= 11 is 6.33. The highest BCUT2D eigenvalue weighted by Crippen LogP contribution is 2.34. The van der Waals surface area contributed by atoms with Gasteiger partial charge in [0.25, 0.3) is 5.91 Å². The fourth-order valence-electron chi connectivity index (χ4n) is 4.17. The molecule has 0 spiro atoms. The lowest BCUT2D eigenvalue weighted by Gasteiger charge is -2.15. The summed E-state index contributed by atoms with van der Waals surface area (Å²) in [5.74, 6) is 0.849. The molecule has 160 valence electrons. The first-order valence-corrected chi connectivity index (χ1v) is 10.7. The van der Waals surface area contributed by atoms with Crippen LogP contribution in [-0.4, -0.2) is 28.8 Å². The summed E-state index contributed by atoms with van der Waals surface area (Å²) in [6, 6.07) is 13.1. The van der Waals surface area contributed by atoms with Gasteiger partial charge < -0.3 is 10.1 Å². The van der Waals surface area contributed by atoms with E-state index in [1.807, 2.05) is 36.7 Å². The SMILES string of the molecule is COc1ccc(C(=O)N[C@@H]2C=C[C@@H](c3c(C)nn(-c4ccc(C)c(Cl)c4)c3C)C2)cc1. The number of halogens is 1. The maximum atomic E-state index is 12.6. The van der Waals surface area contributed by atoms with E-state index in [-0.39, 0.29) is 17.9 Å². The Hall–Kier alpha value is -3.05. The Morgan fingerprint density at radius 3 is 2.55 bits per heavy atom. The predicted octanol–water partition coefficient (Wildman–Crippen LogP) is 5.30. The van der Waals surface area contributed by atoms with Gasteiger partial charge in [0, 0.05) is 33.8 Å². The van der Waals surface area contributed by atoms with Crippen LogP contribution >= 0.6 is 11.6 Å². The number of methoxy groups -OCH3 is 1. The largest absolute Gasteiger partial charge is 0.497 e. The maximum Gasteiger partial charge on any atom is 0.251 e. The summed E-state index contributed by atoms with van der Waals surface area (Å²) in [5, 5.41) is 8.61. The normalized spacial score (nSPS) is 17.7. The van der Waals surface area contributed by atoms with Crippen LogP contribution in [0.5, 0.6) is 5.75 Å². The van der Waals surface area contributed by atoms with Crippen molar-refractivity contribution in [2.45, 2.75) is 39.2 Å². The van der Waals surface area contributed by atoms with Gasteiger partial charge in [-0.05, 0) is 69.2 Å². The van der Waals surface area contributed by atoms with Crippen LogP contribution < -0.4 is 10.1 Å². The Morgan fingerprint density at radius 1 is 1.13 bits per heavy atom. The molecule has 1 aliphatic carbocycles. The molecule has 3 aromatic rings. The van der Waals surface area contributed by atoms with Crippen molar-refractivity contribution in [1.29, 1.82) is 0 Å². The topological polar surface area (TPSA) is 56.1 Å². The molecular weight excluding hydrogens is 410 g/mol. The van der Waals surface area contributed by atoms with Gasteiger partial charge >= 0.3 is 0 Å². The maximum absolute atomic E-state index is 12.6. The number of hydrogen-bond acceptors (Lipinski definition) is 3. The average Bonchev–Trinajstić information content (AvgIpc) is 3.33. The van der Waals surface area contributed by atoms with Gasteiger partial charge in [0.05, 0.1) is 18.5 Å². The fourth-order valence-corrected chi connectivity index (χ4v) is 4.35. The minimum atomic E-state index is -0.0867. The lowest BCUT2D eigenvalue weighted by atomic mass is 9.96. The molecule has 0 saturated carbocycles. The van der Waals surface area contributed by atoms with Crippen LogP contribution in [0.3, 0.4) is 0 Å². The third kappa shape index (κ3) is 4.23. The Kier molecular flexibility index (Phi) is 5.88. The number of allylic oxidation sites excluding steroid dienone is 1. The number of nitrogens with zero attached hydrogens (tertiary/aromatic N) is 2. The Morgan fingerprint density at radius 2 is 1.87 bits per heavy atom. The first-order valence-electron chi connectivity index (χ1n) is 10.3.